The predicted octanol–water partition coefficient (Wildman–Crippen LogP) is 12.1. The van der Waals surface area contributed by atoms with Gasteiger partial charge in [0.2, 0.25) is 0 Å². The lowest BCUT2D eigenvalue weighted by atomic mass is 9.54. The quantitative estimate of drug-likeness (QED) is 0.185. The van der Waals surface area contributed by atoms with E-state index < -0.39 is 0 Å². The Balaban J connectivity index is 1.16. The Morgan fingerprint density at radius 2 is 1.06 bits per heavy atom. The van der Waals surface area contributed by atoms with Gasteiger partial charge in [0, 0.05) is 22.1 Å². The van der Waals surface area contributed by atoms with Gasteiger partial charge in [0.1, 0.15) is 0 Å². The van der Waals surface area contributed by atoms with Crippen molar-refractivity contribution >= 4 is 10.8 Å². The summed E-state index contributed by atoms with van der Waals surface area (Å²) in [6, 6.07) is 32.9. The summed E-state index contributed by atoms with van der Waals surface area (Å²) < 4.78 is 0. The van der Waals surface area contributed by atoms with Crippen LogP contribution in [0.25, 0.3) is 44.9 Å². The highest BCUT2D eigenvalue weighted by Gasteiger charge is 2.46. The van der Waals surface area contributed by atoms with E-state index in [4.69, 9.17) is 15.0 Å². The molecule has 4 fully saturated rings. The Morgan fingerprint density at radius 3 is 1.65 bits per heavy atom. The molecule has 9 rings (SSSR count). The van der Waals surface area contributed by atoms with E-state index in [1.165, 1.54) is 75.3 Å². The number of benzene rings is 4. The van der Waals surface area contributed by atoms with Gasteiger partial charge in [-0.15, -0.1) is 0 Å². The zero-order valence-electron chi connectivity index (χ0n) is 31.4. The molecule has 0 spiro atoms. The average Bonchev–Trinajstić information content (AvgIpc) is 3.13. The number of hydrogen-bond donors (Lipinski definition) is 0. The Bertz CT molecular complexity index is 2140. The second kappa shape index (κ2) is 12.9. The van der Waals surface area contributed by atoms with Crippen molar-refractivity contribution in [2.24, 2.45) is 35.5 Å². The molecule has 8 atom stereocenters. The second-order valence-electron chi connectivity index (χ2n) is 18.2. The van der Waals surface area contributed by atoms with Crippen molar-refractivity contribution in [2.75, 3.05) is 0 Å². The first-order valence-corrected chi connectivity index (χ1v) is 20.1. The lowest BCUT2D eigenvalue weighted by Crippen LogP contribution is -2.42. The van der Waals surface area contributed by atoms with E-state index in [1.807, 2.05) is 30.3 Å². The fraction of sp³-hybridized carbons (Fsp3) is 0.458. The largest absolute Gasteiger partial charge is 0.208 e. The summed E-state index contributed by atoms with van der Waals surface area (Å²) in [6.45, 7) is 9.84. The molecule has 5 aromatic rings. The molecule has 4 aliphatic carbocycles. The Labute approximate surface area is 310 Å². The van der Waals surface area contributed by atoms with Gasteiger partial charge in [0.25, 0.3) is 0 Å². The molecule has 264 valence electrons. The maximum atomic E-state index is 9.92. The molecule has 4 bridgehead atoms. The number of aromatic nitrogens is 3. The number of nitriles is 1. The summed E-state index contributed by atoms with van der Waals surface area (Å²) in [6.07, 6.45) is 13.2. The van der Waals surface area contributed by atoms with Crippen molar-refractivity contribution in [3.8, 4) is 40.2 Å². The molecule has 0 N–H and O–H groups in total. The van der Waals surface area contributed by atoms with E-state index in [9.17, 15) is 5.26 Å². The van der Waals surface area contributed by atoms with Gasteiger partial charge in [0.15, 0.2) is 17.5 Å². The highest BCUT2D eigenvalue weighted by molar-refractivity contribution is 5.98. The number of fused-ring (bicyclic) bond motifs is 5. The average molecular weight is 685 g/mol. The van der Waals surface area contributed by atoms with Crippen LogP contribution in [0.15, 0.2) is 84.9 Å². The SMILES string of the molecule is C[C@@H]1C[C@@H]2C[C@H](C)CC(c3ccc(-c4nc(-c5cccc(C67C[C@H](C)C[C@H](C[C@H](C)C6)C7)c5)nc(-c5ccc(C#N)c6ccccc56)n4)cc3)(C1)C2. The number of nitrogens with zero attached hydrogens (tertiary/aromatic N) is 4. The van der Waals surface area contributed by atoms with Gasteiger partial charge in [-0.1, -0.05) is 94.4 Å². The molecule has 1 aromatic heterocycles. The van der Waals surface area contributed by atoms with Gasteiger partial charge >= 0.3 is 0 Å². The zero-order chi connectivity index (χ0) is 35.6. The molecule has 52 heavy (non-hydrogen) atoms. The Hall–Kier alpha value is -4.36. The summed E-state index contributed by atoms with van der Waals surface area (Å²) in [7, 11) is 0. The summed E-state index contributed by atoms with van der Waals surface area (Å²) in [5.74, 6) is 6.77. The van der Waals surface area contributed by atoms with Crippen molar-refractivity contribution in [3.05, 3.63) is 102 Å². The molecular formula is C48H52N4. The van der Waals surface area contributed by atoms with Crippen LogP contribution in [0.1, 0.15) is 109 Å². The second-order valence-corrected chi connectivity index (χ2v) is 18.2. The lowest BCUT2D eigenvalue weighted by Gasteiger charge is -2.50. The fourth-order valence-corrected chi connectivity index (χ4v) is 12.4. The Morgan fingerprint density at radius 1 is 0.519 bits per heavy atom. The van der Waals surface area contributed by atoms with E-state index in [-0.39, 0.29) is 10.8 Å². The molecule has 1 heterocycles. The van der Waals surface area contributed by atoms with E-state index in [2.05, 4.69) is 88.4 Å². The minimum atomic E-state index is 0.222. The molecule has 4 aromatic carbocycles. The molecule has 0 radical (unpaired) electrons. The van der Waals surface area contributed by atoms with Crippen LogP contribution in [0.2, 0.25) is 0 Å². The van der Waals surface area contributed by atoms with Crippen molar-refractivity contribution < 1.29 is 0 Å². The minimum absolute atomic E-state index is 0.222. The molecule has 4 heteroatoms. The Kier molecular flexibility index (Phi) is 8.33. The predicted molar refractivity (Wildman–Crippen MR) is 212 cm³/mol. The first-order chi connectivity index (χ1) is 25.2. The molecule has 0 aliphatic heterocycles. The van der Waals surface area contributed by atoms with Crippen LogP contribution in [0, 0.1) is 46.8 Å². The first-order valence-electron chi connectivity index (χ1n) is 20.1. The monoisotopic (exact) mass is 684 g/mol. The molecule has 2 unspecified atom stereocenters. The standard InChI is InChI=1S/C48H52N4/c1-30-18-34-19-31(2)24-47(23-30,27-34)39-15-12-36(13-16-39)44-50-45(52-46(51-44)43-17-14-38(29-49)41-10-5-6-11-42(41)43)37-8-7-9-40(22-37)48-25-32(3)20-35(28-48)21-33(4)26-48/h5-17,22,30-35H,18-21,23-28H2,1-4H3/t30-,31+,32-,33+,34-,35-,47?,48?. The van der Waals surface area contributed by atoms with Gasteiger partial charge in [-0.05, 0) is 145 Å². The third-order valence-electron chi connectivity index (χ3n) is 13.7. The fourth-order valence-electron chi connectivity index (χ4n) is 12.4. The van der Waals surface area contributed by atoms with Crippen LogP contribution in [0.4, 0.5) is 0 Å². The van der Waals surface area contributed by atoms with E-state index >= 15 is 0 Å². The zero-order valence-corrected chi connectivity index (χ0v) is 31.4. The summed E-state index contributed by atoms with van der Waals surface area (Å²) in [5, 5.41) is 11.8. The van der Waals surface area contributed by atoms with Gasteiger partial charge in [-0.3, -0.25) is 0 Å². The maximum Gasteiger partial charge on any atom is 0.164 e. The summed E-state index contributed by atoms with van der Waals surface area (Å²) >= 11 is 0. The topological polar surface area (TPSA) is 62.5 Å². The maximum absolute atomic E-state index is 9.92. The molecular weight excluding hydrogens is 633 g/mol. The van der Waals surface area contributed by atoms with Crippen molar-refractivity contribution in [2.45, 2.75) is 103 Å². The smallest absolute Gasteiger partial charge is 0.164 e. The molecule has 0 saturated heterocycles. The number of hydrogen-bond acceptors (Lipinski definition) is 4. The first kappa shape index (κ1) is 33.5. The third-order valence-corrected chi connectivity index (χ3v) is 13.7. The molecule has 4 aliphatic rings. The summed E-state index contributed by atoms with van der Waals surface area (Å²) in [4.78, 5) is 15.7. The van der Waals surface area contributed by atoms with Crippen molar-refractivity contribution in [3.63, 3.8) is 0 Å². The van der Waals surface area contributed by atoms with Crippen LogP contribution < -0.4 is 0 Å². The van der Waals surface area contributed by atoms with Gasteiger partial charge in [0.05, 0.1) is 11.6 Å². The van der Waals surface area contributed by atoms with Gasteiger partial charge in [-0.25, -0.2) is 15.0 Å². The van der Waals surface area contributed by atoms with Crippen LogP contribution in [0.3, 0.4) is 0 Å². The minimum Gasteiger partial charge on any atom is -0.208 e. The molecule has 4 nitrogen and oxygen atoms in total. The van der Waals surface area contributed by atoms with Crippen LogP contribution in [0.5, 0.6) is 0 Å². The molecule has 0 amide bonds. The van der Waals surface area contributed by atoms with Crippen LogP contribution in [-0.2, 0) is 10.8 Å². The van der Waals surface area contributed by atoms with Gasteiger partial charge < -0.3 is 0 Å². The van der Waals surface area contributed by atoms with Crippen LogP contribution in [-0.4, -0.2) is 15.0 Å². The van der Waals surface area contributed by atoms with Gasteiger partial charge in [-0.2, -0.15) is 5.26 Å². The number of rotatable bonds is 5. The highest BCUT2D eigenvalue weighted by atomic mass is 15.0. The lowest BCUT2D eigenvalue weighted by molar-refractivity contribution is 0.0779. The van der Waals surface area contributed by atoms with Crippen molar-refractivity contribution in [1.29, 1.82) is 5.26 Å². The van der Waals surface area contributed by atoms with E-state index in [0.717, 1.165) is 63.0 Å². The normalized spacial score (nSPS) is 31.2. The third kappa shape index (κ3) is 5.95. The van der Waals surface area contributed by atoms with E-state index in [1.54, 1.807) is 0 Å². The highest BCUT2D eigenvalue weighted by Crippen LogP contribution is 2.55. The summed E-state index contributed by atoms with van der Waals surface area (Å²) in [5.41, 5.74) is 7.10. The van der Waals surface area contributed by atoms with Crippen LogP contribution >= 0.6 is 0 Å². The molecule has 4 saturated carbocycles. The van der Waals surface area contributed by atoms with Crippen molar-refractivity contribution in [1.82, 2.24) is 15.0 Å². The van der Waals surface area contributed by atoms with E-state index in [0.29, 0.717) is 23.0 Å².